The number of benzene rings is 2. The van der Waals surface area contributed by atoms with Crippen molar-refractivity contribution in [2.45, 2.75) is 4.90 Å². The van der Waals surface area contributed by atoms with Crippen LogP contribution in [0.3, 0.4) is 0 Å². The number of ether oxygens (including phenoxy) is 2. The predicted octanol–water partition coefficient (Wildman–Crippen LogP) is 4.07. The van der Waals surface area contributed by atoms with Crippen molar-refractivity contribution in [1.29, 1.82) is 0 Å². The number of sulfonamides is 1. The van der Waals surface area contributed by atoms with Gasteiger partial charge in [-0.05, 0) is 48.0 Å². The average Bonchev–Trinajstić information content (AvgIpc) is 2.73. The summed E-state index contributed by atoms with van der Waals surface area (Å²) in [6, 6.07) is 15.2. The van der Waals surface area contributed by atoms with E-state index in [1.54, 1.807) is 36.7 Å². The Kier molecular flexibility index (Phi) is 5.96. The number of aromatic nitrogens is 1. The Balaban J connectivity index is 1.96. The lowest BCUT2D eigenvalue weighted by Crippen LogP contribution is -2.14. The van der Waals surface area contributed by atoms with Crippen molar-refractivity contribution in [2.24, 2.45) is 0 Å². The highest BCUT2D eigenvalue weighted by molar-refractivity contribution is 7.92. The molecule has 0 bridgehead atoms. The molecule has 0 aliphatic rings. The van der Waals surface area contributed by atoms with Gasteiger partial charge in [-0.1, -0.05) is 24.3 Å². The van der Waals surface area contributed by atoms with Gasteiger partial charge in [-0.25, -0.2) is 8.42 Å². The van der Waals surface area contributed by atoms with Gasteiger partial charge in [-0.3, -0.25) is 9.71 Å². The molecule has 0 aliphatic heterocycles. The van der Waals surface area contributed by atoms with Crippen molar-refractivity contribution < 1.29 is 17.9 Å². The van der Waals surface area contributed by atoms with Crippen LogP contribution in [0.5, 0.6) is 11.5 Å². The van der Waals surface area contributed by atoms with Gasteiger partial charge in [0.1, 0.15) is 11.5 Å². The van der Waals surface area contributed by atoms with Crippen LogP contribution < -0.4 is 14.2 Å². The maximum Gasteiger partial charge on any atom is 0.262 e. The highest BCUT2D eigenvalue weighted by Crippen LogP contribution is 2.32. The fourth-order valence-electron chi connectivity index (χ4n) is 2.58. The first kappa shape index (κ1) is 19.4. The number of para-hydroxylation sites is 1. The predicted molar refractivity (Wildman–Crippen MR) is 110 cm³/mol. The van der Waals surface area contributed by atoms with E-state index < -0.39 is 10.0 Å². The molecule has 28 heavy (non-hydrogen) atoms. The Morgan fingerprint density at radius 1 is 0.893 bits per heavy atom. The van der Waals surface area contributed by atoms with Crippen LogP contribution in [0.25, 0.3) is 12.2 Å². The van der Waals surface area contributed by atoms with Crippen LogP contribution in [0.2, 0.25) is 0 Å². The first-order chi connectivity index (χ1) is 13.5. The van der Waals surface area contributed by atoms with Crippen molar-refractivity contribution in [3.63, 3.8) is 0 Å². The number of anilines is 1. The van der Waals surface area contributed by atoms with Crippen molar-refractivity contribution in [1.82, 2.24) is 4.98 Å². The Morgan fingerprint density at radius 2 is 1.61 bits per heavy atom. The van der Waals surface area contributed by atoms with Gasteiger partial charge in [-0.2, -0.15) is 0 Å². The van der Waals surface area contributed by atoms with E-state index in [0.717, 1.165) is 5.56 Å². The zero-order chi connectivity index (χ0) is 20.0. The molecule has 144 valence electrons. The molecule has 0 amide bonds. The lowest BCUT2D eigenvalue weighted by molar-refractivity contribution is 0.414. The maximum absolute atomic E-state index is 12.9. The van der Waals surface area contributed by atoms with E-state index in [0.29, 0.717) is 22.7 Å². The topological polar surface area (TPSA) is 77.5 Å². The monoisotopic (exact) mass is 396 g/mol. The molecule has 1 heterocycles. The van der Waals surface area contributed by atoms with Gasteiger partial charge in [0.15, 0.2) is 0 Å². The number of nitrogens with zero attached hydrogens (tertiary/aromatic N) is 1. The Bertz CT molecular complexity index is 1060. The van der Waals surface area contributed by atoms with E-state index in [1.807, 2.05) is 30.4 Å². The minimum absolute atomic E-state index is 0.128. The molecule has 0 saturated heterocycles. The van der Waals surface area contributed by atoms with Crippen molar-refractivity contribution in [3.05, 3.63) is 78.1 Å². The smallest absolute Gasteiger partial charge is 0.262 e. The van der Waals surface area contributed by atoms with Gasteiger partial charge < -0.3 is 9.47 Å². The summed E-state index contributed by atoms with van der Waals surface area (Å²) in [6.45, 7) is 0. The molecular weight excluding hydrogens is 376 g/mol. The lowest BCUT2D eigenvalue weighted by atomic mass is 10.1. The summed E-state index contributed by atoms with van der Waals surface area (Å²) in [5.41, 5.74) is 1.99. The molecule has 6 nitrogen and oxygen atoms in total. The van der Waals surface area contributed by atoms with Crippen molar-refractivity contribution in [2.75, 3.05) is 18.9 Å². The molecule has 2 aromatic carbocycles. The van der Waals surface area contributed by atoms with Crippen LogP contribution in [-0.4, -0.2) is 27.6 Å². The number of methoxy groups -OCH3 is 2. The SMILES string of the molecule is COc1ccc(S(=O)(=O)Nc2c(/C=C/c3ccncc3)cccc2OC)cc1. The second kappa shape index (κ2) is 8.58. The quantitative estimate of drug-likeness (QED) is 0.651. The highest BCUT2D eigenvalue weighted by atomic mass is 32.2. The second-order valence-electron chi connectivity index (χ2n) is 5.82. The normalized spacial score (nSPS) is 11.4. The third-order valence-corrected chi connectivity index (χ3v) is 5.41. The van der Waals surface area contributed by atoms with E-state index >= 15 is 0 Å². The van der Waals surface area contributed by atoms with Gasteiger partial charge in [0.25, 0.3) is 10.0 Å². The number of hydrogen-bond acceptors (Lipinski definition) is 5. The van der Waals surface area contributed by atoms with Crippen LogP contribution in [-0.2, 0) is 10.0 Å². The molecule has 0 fully saturated rings. The summed E-state index contributed by atoms with van der Waals surface area (Å²) in [5, 5.41) is 0. The van der Waals surface area contributed by atoms with E-state index in [4.69, 9.17) is 9.47 Å². The van der Waals surface area contributed by atoms with Gasteiger partial charge in [0.05, 0.1) is 24.8 Å². The summed E-state index contributed by atoms with van der Waals surface area (Å²) < 4.78 is 38.8. The molecule has 3 aromatic rings. The zero-order valence-electron chi connectivity index (χ0n) is 15.5. The van der Waals surface area contributed by atoms with Crippen LogP contribution in [0.1, 0.15) is 11.1 Å². The fraction of sp³-hybridized carbons (Fsp3) is 0.0952. The van der Waals surface area contributed by atoms with Crippen LogP contribution in [0.15, 0.2) is 71.9 Å². The van der Waals surface area contributed by atoms with Gasteiger partial charge in [0, 0.05) is 18.0 Å². The molecule has 7 heteroatoms. The molecular formula is C21H20N2O4S. The average molecular weight is 396 g/mol. The van der Waals surface area contributed by atoms with E-state index in [-0.39, 0.29) is 4.90 Å². The second-order valence-corrected chi connectivity index (χ2v) is 7.50. The van der Waals surface area contributed by atoms with Gasteiger partial charge >= 0.3 is 0 Å². The Hall–Kier alpha value is -3.32. The molecule has 0 spiro atoms. The zero-order valence-corrected chi connectivity index (χ0v) is 16.3. The third-order valence-electron chi connectivity index (χ3n) is 4.05. The maximum atomic E-state index is 12.9. The highest BCUT2D eigenvalue weighted by Gasteiger charge is 2.18. The molecule has 3 rings (SSSR count). The minimum Gasteiger partial charge on any atom is -0.497 e. The molecule has 1 aromatic heterocycles. The molecule has 0 aliphatic carbocycles. The molecule has 0 radical (unpaired) electrons. The first-order valence-electron chi connectivity index (χ1n) is 8.45. The van der Waals surface area contributed by atoms with Crippen LogP contribution >= 0.6 is 0 Å². The van der Waals surface area contributed by atoms with E-state index in [2.05, 4.69) is 9.71 Å². The summed E-state index contributed by atoms with van der Waals surface area (Å²) >= 11 is 0. The largest absolute Gasteiger partial charge is 0.497 e. The van der Waals surface area contributed by atoms with Crippen molar-refractivity contribution >= 4 is 27.9 Å². The summed E-state index contributed by atoms with van der Waals surface area (Å²) in [7, 11) is -0.783. The summed E-state index contributed by atoms with van der Waals surface area (Å²) in [5.74, 6) is 1.01. The van der Waals surface area contributed by atoms with Crippen LogP contribution in [0.4, 0.5) is 5.69 Å². The van der Waals surface area contributed by atoms with E-state index in [9.17, 15) is 8.42 Å². The molecule has 0 unspecified atom stereocenters. The first-order valence-corrected chi connectivity index (χ1v) is 9.94. The third kappa shape index (κ3) is 4.50. The number of rotatable bonds is 7. The van der Waals surface area contributed by atoms with E-state index in [1.165, 1.54) is 26.4 Å². The Labute approximate surface area is 164 Å². The number of pyridine rings is 1. The van der Waals surface area contributed by atoms with Gasteiger partial charge in [-0.15, -0.1) is 0 Å². The number of hydrogen-bond donors (Lipinski definition) is 1. The van der Waals surface area contributed by atoms with Crippen molar-refractivity contribution in [3.8, 4) is 11.5 Å². The minimum atomic E-state index is -3.81. The molecule has 0 atom stereocenters. The lowest BCUT2D eigenvalue weighted by Gasteiger charge is -2.15. The Morgan fingerprint density at radius 3 is 2.25 bits per heavy atom. The summed E-state index contributed by atoms with van der Waals surface area (Å²) in [4.78, 5) is 4.11. The standard InChI is InChI=1S/C21H20N2O4S/c1-26-18-8-10-19(11-9-18)28(24,25)23-21-17(4-3-5-20(21)27-2)7-6-16-12-14-22-15-13-16/h3-15,23H,1-2H3/b7-6+. The van der Waals surface area contributed by atoms with Crippen LogP contribution in [0, 0.1) is 0 Å². The fourth-order valence-corrected chi connectivity index (χ4v) is 3.67. The number of nitrogens with one attached hydrogen (secondary N) is 1. The van der Waals surface area contributed by atoms with Gasteiger partial charge in [0.2, 0.25) is 0 Å². The molecule has 0 saturated carbocycles. The summed E-state index contributed by atoms with van der Waals surface area (Å²) in [6.07, 6.45) is 7.09. The molecule has 1 N–H and O–H groups in total.